The molecule has 2 heterocycles. The second-order valence-electron chi connectivity index (χ2n) is 6.57. The quantitative estimate of drug-likeness (QED) is 0.474. The van der Waals surface area contributed by atoms with Crippen LogP contribution in [-0.2, 0) is 9.53 Å². The van der Waals surface area contributed by atoms with Gasteiger partial charge in [0.25, 0.3) is 0 Å². The second-order valence-corrected chi connectivity index (χ2v) is 6.57. The number of hydrogen-bond acceptors (Lipinski definition) is 2. The molecule has 0 N–H and O–H groups in total. The normalized spacial score (nSPS) is 15.1. The summed E-state index contributed by atoms with van der Waals surface area (Å²) in [7, 11) is 0. The summed E-state index contributed by atoms with van der Waals surface area (Å²) in [5, 5.41) is 0. The largest absolute Gasteiger partial charge is 0.422 e. The highest BCUT2D eigenvalue weighted by atomic mass is 19.1. The molecule has 0 aliphatic carbocycles. The molecule has 1 aromatic heterocycles. The average molecular weight is 359 g/mol. The van der Waals surface area contributed by atoms with Crippen LogP contribution >= 0.6 is 0 Å². The Balaban J connectivity index is 1.75. The van der Waals surface area contributed by atoms with Crippen LogP contribution in [0.2, 0.25) is 0 Å². The Morgan fingerprint density at radius 2 is 1.85 bits per heavy atom. The van der Waals surface area contributed by atoms with Gasteiger partial charge in [0.2, 0.25) is 0 Å². The van der Waals surface area contributed by atoms with E-state index >= 15 is 0 Å². The lowest BCUT2D eigenvalue weighted by Crippen LogP contribution is -2.01. The maximum atomic E-state index is 14.1. The number of para-hydroxylation sites is 1. The first kappa shape index (κ1) is 17.0. The van der Waals surface area contributed by atoms with E-state index in [1.807, 2.05) is 44.2 Å². The van der Waals surface area contributed by atoms with E-state index in [4.69, 9.17) is 4.74 Å². The number of aromatic nitrogens is 1. The van der Waals surface area contributed by atoms with Crippen LogP contribution in [0.4, 0.5) is 4.39 Å². The number of benzene rings is 2. The molecule has 4 rings (SSSR count). The van der Waals surface area contributed by atoms with Crippen LogP contribution in [0.25, 0.3) is 17.5 Å². The Bertz CT molecular complexity index is 1110. The molecule has 0 fully saturated rings. The zero-order chi connectivity index (χ0) is 19.0. The number of hydrogen-bond donors (Lipinski definition) is 0. The van der Waals surface area contributed by atoms with Gasteiger partial charge < -0.3 is 9.30 Å². The van der Waals surface area contributed by atoms with Gasteiger partial charge in [-0.15, -0.1) is 0 Å². The first-order valence-electron chi connectivity index (χ1n) is 8.68. The van der Waals surface area contributed by atoms with Crippen molar-refractivity contribution in [1.29, 1.82) is 0 Å². The van der Waals surface area contributed by atoms with Crippen LogP contribution in [0, 0.1) is 19.7 Å². The Hall–Kier alpha value is -3.40. The molecule has 4 heteroatoms. The van der Waals surface area contributed by atoms with Crippen molar-refractivity contribution >= 4 is 17.8 Å². The van der Waals surface area contributed by atoms with Crippen molar-refractivity contribution in [2.45, 2.75) is 13.8 Å². The number of carbonyl (C=O) groups is 1. The van der Waals surface area contributed by atoms with Gasteiger partial charge in [-0.1, -0.05) is 29.8 Å². The molecule has 0 saturated carbocycles. The van der Waals surface area contributed by atoms with Gasteiger partial charge in [-0.2, -0.15) is 0 Å². The van der Waals surface area contributed by atoms with Gasteiger partial charge >= 0.3 is 5.97 Å². The van der Waals surface area contributed by atoms with Crippen LogP contribution in [-0.4, -0.2) is 10.5 Å². The van der Waals surface area contributed by atoms with Gasteiger partial charge in [-0.3, -0.25) is 0 Å². The van der Waals surface area contributed by atoms with Crippen LogP contribution < -0.4 is 0 Å². The van der Waals surface area contributed by atoms with Crippen LogP contribution in [0.15, 0.2) is 72.4 Å². The fourth-order valence-corrected chi connectivity index (χ4v) is 3.16. The molecule has 3 aromatic rings. The summed E-state index contributed by atoms with van der Waals surface area (Å²) in [5.41, 5.74) is 4.59. The number of carbonyl (C=O) groups excluding carboxylic acids is 1. The van der Waals surface area contributed by atoms with Crippen molar-refractivity contribution < 1.29 is 13.9 Å². The Morgan fingerprint density at radius 1 is 1.04 bits per heavy atom. The highest BCUT2D eigenvalue weighted by Gasteiger charge is 2.23. The van der Waals surface area contributed by atoms with Crippen molar-refractivity contribution in [2.75, 3.05) is 0 Å². The van der Waals surface area contributed by atoms with Crippen molar-refractivity contribution in [3.8, 4) is 5.69 Å². The predicted octanol–water partition coefficient (Wildman–Crippen LogP) is 5.21. The molecule has 1 aliphatic heterocycles. The smallest absolute Gasteiger partial charge is 0.343 e. The minimum atomic E-state index is -0.410. The third-order valence-corrected chi connectivity index (χ3v) is 4.58. The van der Waals surface area contributed by atoms with E-state index in [2.05, 4.69) is 0 Å². The predicted molar refractivity (Wildman–Crippen MR) is 104 cm³/mol. The van der Waals surface area contributed by atoms with E-state index in [9.17, 15) is 9.18 Å². The van der Waals surface area contributed by atoms with E-state index < -0.39 is 5.97 Å². The molecule has 3 nitrogen and oxygen atoms in total. The number of nitrogens with zero attached hydrogens (tertiary/aromatic N) is 1. The summed E-state index contributed by atoms with van der Waals surface area (Å²) in [5.74, 6) is -0.197. The number of rotatable bonds is 3. The molecule has 1 aliphatic rings. The third-order valence-electron chi connectivity index (χ3n) is 4.58. The second kappa shape index (κ2) is 6.72. The summed E-state index contributed by atoms with van der Waals surface area (Å²) in [6.07, 6.45) is 5.22. The standard InChI is InChI=1S/C23H18FNO2/c1-15-9-10-16(2)19(12-15)22-14-17(23(26)27-22)13-18-6-5-11-25(18)21-8-4-3-7-20(21)24/h3-14H,1-2H3/b17-13+. The van der Waals surface area contributed by atoms with Gasteiger partial charge in [0.05, 0.1) is 11.3 Å². The monoisotopic (exact) mass is 359 g/mol. The van der Waals surface area contributed by atoms with Gasteiger partial charge in [-0.05, 0) is 61.9 Å². The van der Waals surface area contributed by atoms with Crippen molar-refractivity contribution in [2.24, 2.45) is 0 Å². The molecule has 0 radical (unpaired) electrons. The third kappa shape index (κ3) is 3.22. The molecular formula is C23H18FNO2. The fraction of sp³-hybridized carbons (Fsp3) is 0.0870. The molecule has 0 saturated heterocycles. The van der Waals surface area contributed by atoms with E-state index in [1.54, 1.807) is 41.1 Å². The molecule has 2 aromatic carbocycles. The summed E-state index contributed by atoms with van der Waals surface area (Å²) in [6.45, 7) is 3.98. The van der Waals surface area contributed by atoms with E-state index in [-0.39, 0.29) is 5.82 Å². The Morgan fingerprint density at radius 3 is 2.67 bits per heavy atom. The SMILES string of the molecule is Cc1ccc(C)c(C2=C/C(=C\c3cccn3-c3ccccc3F)C(=O)O2)c1. The summed E-state index contributed by atoms with van der Waals surface area (Å²) >= 11 is 0. The average Bonchev–Trinajstić information content (AvgIpc) is 3.25. The first-order chi connectivity index (χ1) is 13.0. The van der Waals surface area contributed by atoms with Crippen molar-refractivity contribution in [3.05, 3.63) is 101 Å². The summed E-state index contributed by atoms with van der Waals surface area (Å²) in [6, 6.07) is 16.2. The number of esters is 1. The highest BCUT2D eigenvalue weighted by molar-refractivity contribution is 6.05. The van der Waals surface area contributed by atoms with Crippen LogP contribution in [0.5, 0.6) is 0 Å². The Labute approximate surface area is 157 Å². The number of halogens is 1. The lowest BCUT2D eigenvalue weighted by molar-refractivity contribution is -0.130. The number of cyclic esters (lactones) is 1. The maximum absolute atomic E-state index is 14.1. The maximum Gasteiger partial charge on any atom is 0.343 e. The van der Waals surface area contributed by atoms with Gasteiger partial charge in [-0.25, -0.2) is 9.18 Å². The molecular weight excluding hydrogens is 341 g/mol. The molecule has 0 atom stereocenters. The molecule has 27 heavy (non-hydrogen) atoms. The van der Waals surface area contributed by atoms with Gasteiger partial charge in [0.1, 0.15) is 11.6 Å². The fourth-order valence-electron chi connectivity index (χ4n) is 3.16. The summed E-state index contributed by atoms with van der Waals surface area (Å²) in [4.78, 5) is 12.4. The number of aryl methyl sites for hydroxylation is 2. The molecule has 0 unspecified atom stereocenters. The van der Waals surface area contributed by atoms with Gasteiger partial charge in [0, 0.05) is 17.5 Å². The number of ether oxygens (including phenoxy) is 1. The van der Waals surface area contributed by atoms with Crippen molar-refractivity contribution in [1.82, 2.24) is 4.57 Å². The first-order valence-corrected chi connectivity index (χ1v) is 8.68. The lowest BCUT2D eigenvalue weighted by atomic mass is 10.0. The zero-order valence-electron chi connectivity index (χ0n) is 15.1. The van der Waals surface area contributed by atoms with Gasteiger partial charge in [0.15, 0.2) is 0 Å². The minimum absolute atomic E-state index is 0.325. The highest BCUT2D eigenvalue weighted by Crippen LogP contribution is 2.30. The van der Waals surface area contributed by atoms with Crippen LogP contribution in [0.1, 0.15) is 22.4 Å². The molecule has 0 spiro atoms. The minimum Gasteiger partial charge on any atom is -0.422 e. The molecule has 134 valence electrons. The van der Waals surface area contributed by atoms with Crippen LogP contribution in [0.3, 0.4) is 0 Å². The molecule has 0 amide bonds. The van der Waals surface area contributed by atoms with E-state index in [1.165, 1.54) is 6.07 Å². The zero-order valence-corrected chi connectivity index (χ0v) is 15.1. The van der Waals surface area contributed by atoms with E-state index in [0.29, 0.717) is 22.7 Å². The van der Waals surface area contributed by atoms with Crippen molar-refractivity contribution in [3.63, 3.8) is 0 Å². The topological polar surface area (TPSA) is 31.2 Å². The van der Waals surface area contributed by atoms with E-state index in [0.717, 1.165) is 16.7 Å². The summed E-state index contributed by atoms with van der Waals surface area (Å²) < 4.78 is 21.3. The molecule has 0 bridgehead atoms. The lowest BCUT2D eigenvalue weighted by Gasteiger charge is -2.07. The Kier molecular flexibility index (Phi) is 4.24.